The topological polar surface area (TPSA) is 114 Å². The lowest BCUT2D eigenvalue weighted by Crippen LogP contribution is -2.36. The molecule has 3 aromatic carbocycles. The fourth-order valence-corrected chi connectivity index (χ4v) is 5.14. The molecule has 0 saturated carbocycles. The third-order valence-corrected chi connectivity index (χ3v) is 8.20. The molecule has 0 spiro atoms. The number of benzene rings is 3. The zero-order chi connectivity index (χ0) is 28.8. The molecule has 1 heterocycles. The average Bonchev–Trinajstić information content (AvgIpc) is 3.18. The van der Waals surface area contributed by atoms with Gasteiger partial charge in [0.25, 0.3) is 17.1 Å². The lowest BCUT2D eigenvalue weighted by atomic mass is 10.2. The van der Waals surface area contributed by atoms with E-state index in [1.54, 1.807) is 60.7 Å². The monoisotopic (exact) mass is 707 g/mol. The first kappa shape index (κ1) is 29.7. The summed E-state index contributed by atoms with van der Waals surface area (Å²) < 4.78 is 12.4. The minimum atomic E-state index is -0.582. The molecule has 1 aliphatic heterocycles. The van der Waals surface area contributed by atoms with E-state index in [9.17, 15) is 19.2 Å². The minimum Gasteiger partial charge on any atom is -0.493 e. The van der Waals surface area contributed by atoms with Crippen molar-refractivity contribution in [1.29, 1.82) is 0 Å². The van der Waals surface area contributed by atoms with E-state index in [1.165, 1.54) is 13.2 Å². The second-order valence-electron chi connectivity index (χ2n) is 8.17. The lowest BCUT2D eigenvalue weighted by molar-refractivity contribution is -0.127. The van der Waals surface area contributed by atoms with E-state index in [0.29, 0.717) is 42.4 Å². The predicted octanol–water partition coefficient (Wildman–Crippen LogP) is 6.57. The Morgan fingerprint density at radius 3 is 2.48 bits per heavy atom. The van der Waals surface area contributed by atoms with Crippen LogP contribution < -0.4 is 20.1 Å². The van der Waals surface area contributed by atoms with Crippen LogP contribution in [0, 0.1) is 0 Å². The van der Waals surface area contributed by atoms with Gasteiger partial charge in [-0.25, -0.2) is 0 Å². The summed E-state index contributed by atoms with van der Waals surface area (Å²) in [5.41, 5.74) is 1.60. The van der Waals surface area contributed by atoms with Gasteiger partial charge in [0.2, 0.25) is 5.91 Å². The zero-order valence-corrected chi connectivity index (χ0v) is 25.4. The van der Waals surface area contributed by atoms with Crippen LogP contribution in [0.1, 0.15) is 5.56 Å². The molecule has 0 unspecified atom stereocenters. The van der Waals surface area contributed by atoms with Gasteiger partial charge < -0.3 is 20.1 Å². The summed E-state index contributed by atoms with van der Waals surface area (Å²) >= 11 is 13.4. The number of amides is 4. The number of nitrogens with one attached hydrogen (secondary N) is 2. The number of hydrogen-bond donors (Lipinski definition) is 2. The first-order valence-electron chi connectivity index (χ1n) is 11.5. The first-order valence-corrected chi connectivity index (χ1v) is 14.3. The Bertz CT molecular complexity index is 1530. The van der Waals surface area contributed by atoms with Crippen molar-refractivity contribution in [2.24, 2.45) is 0 Å². The predicted molar refractivity (Wildman–Crippen MR) is 162 cm³/mol. The Hall–Kier alpha value is -3.32. The number of para-hydroxylation sites is 1. The number of nitrogens with zero attached hydrogens (tertiary/aromatic N) is 1. The maximum absolute atomic E-state index is 12.9. The number of methoxy groups -OCH3 is 1. The highest BCUT2D eigenvalue weighted by atomic mass is 79.9. The summed E-state index contributed by atoms with van der Waals surface area (Å²) in [6, 6.07) is 16.9. The van der Waals surface area contributed by atoms with Crippen LogP contribution in [0.15, 0.2) is 74.5 Å². The molecule has 4 rings (SSSR count). The van der Waals surface area contributed by atoms with Gasteiger partial charge in [0.15, 0.2) is 18.1 Å². The van der Waals surface area contributed by atoms with Crippen LogP contribution in [0.5, 0.6) is 11.5 Å². The van der Waals surface area contributed by atoms with E-state index >= 15 is 0 Å². The Morgan fingerprint density at radius 2 is 1.75 bits per heavy atom. The average molecular weight is 710 g/mol. The van der Waals surface area contributed by atoms with Gasteiger partial charge in [0.05, 0.1) is 22.7 Å². The van der Waals surface area contributed by atoms with Crippen molar-refractivity contribution < 1.29 is 28.7 Å². The quantitative estimate of drug-likeness (QED) is 0.242. The van der Waals surface area contributed by atoms with Crippen LogP contribution in [-0.4, -0.2) is 48.1 Å². The molecule has 1 aliphatic rings. The maximum Gasteiger partial charge on any atom is 0.294 e. The molecule has 40 heavy (non-hydrogen) atoms. The van der Waals surface area contributed by atoms with Crippen molar-refractivity contribution in [3.05, 3.63) is 85.1 Å². The van der Waals surface area contributed by atoms with Crippen molar-refractivity contribution in [2.75, 3.05) is 30.9 Å². The number of thioether (sulfide) groups is 1. The highest BCUT2D eigenvalue weighted by Crippen LogP contribution is 2.35. The van der Waals surface area contributed by atoms with E-state index in [1.807, 2.05) is 0 Å². The van der Waals surface area contributed by atoms with Gasteiger partial charge >= 0.3 is 0 Å². The number of carbonyl (C=O) groups is 4. The summed E-state index contributed by atoms with van der Waals surface area (Å²) in [4.78, 5) is 51.2. The number of hydrogen-bond acceptors (Lipinski definition) is 7. The van der Waals surface area contributed by atoms with Crippen LogP contribution in [0.2, 0.25) is 5.02 Å². The molecule has 1 fully saturated rings. The van der Waals surface area contributed by atoms with Crippen LogP contribution >= 0.6 is 55.2 Å². The number of anilines is 2. The number of ether oxygens (including phenoxy) is 2. The molecule has 4 amide bonds. The van der Waals surface area contributed by atoms with Crippen molar-refractivity contribution >= 4 is 95.6 Å². The summed E-state index contributed by atoms with van der Waals surface area (Å²) in [6.45, 7) is -0.710. The molecular formula is C27H20Br2ClN3O6S. The SMILES string of the molecule is COc1cc(/C=C2/SC(=O)N(CC(=O)Nc3ccccc3Br)C2=O)ccc1OCC(=O)Nc1ccc(Br)c(Cl)c1. The van der Waals surface area contributed by atoms with Crippen molar-refractivity contribution in [1.82, 2.24) is 4.90 Å². The van der Waals surface area contributed by atoms with E-state index in [-0.39, 0.29) is 11.5 Å². The fraction of sp³-hybridized carbons (Fsp3) is 0.111. The van der Waals surface area contributed by atoms with Gasteiger partial charge in [-0.15, -0.1) is 0 Å². The van der Waals surface area contributed by atoms with Crippen LogP contribution in [0.4, 0.5) is 16.2 Å². The second kappa shape index (κ2) is 13.4. The number of imide groups is 1. The molecule has 0 aliphatic carbocycles. The molecule has 9 nitrogen and oxygen atoms in total. The molecule has 0 bridgehead atoms. The smallest absolute Gasteiger partial charge is 0.294 e. The first-order chi connectivity index (χ1) is 19.1. The molecule has 3 aromatic rings. The highest BCUT2D eigenvalue weighted by molar-refractivity contribution is 9.11. The number of halogens is 3. The molecular weight excluding hydrogens is 690 g/mol. The van der Waals surface area contributed by atoms with Crippen molar-refractivity contribution in [3.8, 4) is 11.5 Å². The molecule has 0 radical (unpaired) electrons. The third-order valence-electron chi connectivity index (χ3n) is 5.37. The summed E-state index contributed by atoms with van der Waals surface area (Å²) in [6.07, 6.45) is 1.52. The van der Waals surface area contributed by atoms with Gasteiger partial charge in [-0.3, -0.25) is 24.1 Å². The lowest BCUT2D eigenvalue weighted by Gasteiger charge is -2.13. The van der Waals surface area contributed by atoms with Gasteiger partial charge in [-0.1, -0.05) is 29.8 Å². The zero-order valence-electron chi connectivity index (χ0n) is 20.7. The normalized spacial score (nSPS) is 13.9. The summed E-state index contributed by atoms with van der Waals surface area (Å²) in [5, 5.41) is 5.27. The highest BCUT2D eigenvalue weighted by Gasteiger charge is 2.36. The molecule has 0 aromatic heterocycles. The van der Waals surface area contributed by atoms with Crippen molar-refractivity contribution in [3.63, 3.8) is 0 Å². The van der Waals surface area contributed by atoms with Gasteiger partial charge in [-0.05, 0) is 97.7 Å². The van der Waals surface area contributed by atoms with E-state index < -0.39 is 29.5 Å². The largest absolute Gasteiger partial charge is 0.493 e. The molecule has 206 valence electrons. The molecule has 2 N–H and O–H groups in total. The van der Waals surface area contributed by atoms with E-state index in [0.717, 1.165) is 16.7 Å². The van der Waals surface area contributed by atoms with Crippen LogP contribution in [-0.2, 0) is 14.4 Å². The molecule has 1 saturated heterocycles. The standard InChI is InChI=1S/C27H20Br2ClN3O6S/c1-38-22-10-15(6-9-21(22)39-14-25(35)31-16-7-8-17(28)19(30)12-16)11-23-26(36)33(27(37)40-23)13-24(34)32-20-5-3-2-4-18(20)29/h2-12H,13-14H2,1H3,(H,31,35)(H,32,34)/b23-11+. The van der Waals surface area contributed by atoms with Crippen LogP contribution in [0.25, 0.3) is 6.08 Å². The fourth-order valence-electron chi connectivity index (χ4n) is 3.49. The van der Waals surface area contributed by atoms with Gasteiger partial charge in [0, 0.05) is 14.6 Å². The molecule has 0 atom stereocenters. The van der Waals surface area contributed by atoms with Gasteiger partial charge in [-0.2, -0.15) is 0 Å². The van der Waals surface area contributed by atoms with E-state index in [4.69, 9.17) is 21.1 Å². The summed E-state index contributed by atoms with van der Waals surface area (Å²) in [7, 11) is 1.44. The Labute approximate surface area is 255 Å². The Balaban J connectivity index is 1.38. The van der Waals surface area contributed by atoms with Gasteiger partial charge in [0.1, 0.15) is 6.54 Å². The van der Waals surface area contributed by atoms with Crippen LogP contribution in [0.3, 0.4) is 0 Å². The summed E-state index contributed by atoms with van der Waals surface area (Å²) in [5.74, 6) is -0.866. The van der Waals surface area contributed by atoms with Crippen molar-refractivity contribution in [2.45, 2.75) is 0 Å². The second-order valence-corrected chi connectivity index (χ2v) is 11.3. The maximum atomic E-state index is 12.9. The number of carbonyl (C=O) groups excluding carboxylic acids is 4. The Kier molecular flexibility index (Phi) is 9.90. The van der Waals surface area contributed by atoms with E-state index in [2.05, 4.69) is 42.5 Å². The number of rotatable bonds is 9. The molecule has 13 heteroatoms. The third kappa shape index (κ3) is 7.45. The Morgan fingerprint density at radius 1 is 0.975 bits per heavy atom. The minimum absolute atomic E-state index is 0.155.